The van der Waals surface area contributed by atoms with Crippen LogP contribution < -0.4 is 11.5 Å². The number of rotatable bonds is 1. The summed E-state index contributed by atoms with van der Waals surface area (Å²) in [6.07, 6.45) is 0. The molecule has 0 heterocycles. The Balaban J connectivity index is 0.000000686. The fraction of sp³-hybridized carbons (Fsp3) is 0.200. The highest BCUT2D eigenvalue weighted by atomic mass is 14.6. The maximum Gasteiger partial charge on any atom is 0.0340 e. The maximum absolute atomic E-state index is 5.75. The molecule has 0 aliphatic carbocycles. The highest BCUT2D eigenvalue weighted by molar-refractivity contribution is 5.72. The van der Waals surface area contributed by atoms with E-state index in [2.05, 4.69) is 31.2 Å². The Morgan fingerprint density at radius 2 is 1.18 bits per heavy atom. The molecule has 17 heavy (non-hydrogen) atoms. The van der Waals surface area contributed by atoms with Crippen LogP contribution in [0, 0.1) is 6.92 Å². The van der Waals surface area contributed by atoms with Crippen molar-refractivity contribution in [2.75, 3.05) is 11.5 Å². The molecule has 4 N–H and O–H groups in total. The van der Waals surface area contributed by atoms with Crippen LogP contribution in [0.4, 0.5) is 11.4 Å². The predicted octanol–water partition coefficient (Wildman–Crippen LogP) is 3.85. The Labute approximate surface area is 103 Å². The van der Waals surface area contributed by atoms with Gasteiger partial charge in [-0.3, -0.25) is 0 Å². The van der Waals surface area contributed by atoms with Gasteiger partial charge in [-0.15, -0.1) is 0 Å². The highest BCUT2D eigenvalue weighted by Crippen LogP contribution is 2.24. The third-order valence-electron chi connectivity index (χ3n) is 2.36. The molecule has 0 aromatic heterocycles. The summed E-state index contributed by atoms with van der Waals surface area (Å²) in [6.45, 7) is 6.07. The summed E-state index contributed by atoms with van der Waals surface area (Å²) < 4.78 is 0. The van der Waals surface area contributed by atoms with E-state index in [0.717, 1.165) is 11.1 Å². The van der Waals surface area contributed by atoms with Crippen molar-refractivity contribution in [3.8, 4) is 11.1 Å². The van der Waals surface area contributed by atoms with Gasteiger partial charge in [-0.2, -0.15) is 0 Å². The van der Waals surface area contributed by atoms with E-state index in [4.69, 9.17) is 11.5 Å². The number of anilines is 2. The van der Waals surface area contributed by atoms with Crippen LogP contribution in [0.3, 0.4) is 0 Å². The van der Waals surface area contributed by atoms with Gasteiger partial charge in [0.1, 0.15) is 0 Å². The van der Waals surface area contributed by atoms with Crippen LogP contribution in [0.5, 0.6) is 0 Å². The molecule has 2 aromatic carbocycles. The third-order valence-corrected chi connectivity index (χ3v) is 2.36. The highest BCUT2D eigenvalue weighted by Gasteiger charge is 1.99. The lowest BCUT2D eigenvalue weighted by Gasteiger charge is -2.05. The van der Waals surface area contributed by atoms with Crippen LogP contribution in [0.1, 0.15) is 19.4 Å². The van der Waals surface area contributed by atoms with Crippen LogP contribution >= 0.6 is 0 Å². The standard InChI is InChI=1S/C13H14N2.C2H6/c1-9-2-4-10(5-3-9)11-6-12(14)8-13(15)7-11;1-2/h2-8H,14-15H2,1H3;1-2H3. The minimum Gasteiger partial charge on any atom is -0.399 e. The zero-order valence-electron chi connectivity index (χ0n) is 10.7. The fourth-order valence-corrected chi connectivity index (χ4v) is 1.59. The summed E-state index contributed by atoms with van der Waals surface area (Å²) in [5.74, 6) is 0. The average Bonchev–Trinajstić information content (AvgIpc) is 2.31. The van der Waals surface area contributed by atoms with E-state index in [0.29, 0.717) is 11.4 Å². The molecule has 0 fully saturated rings. The van der Waals surface area contributed by atoms with E-state index in [1.54, 1.807) is 6.07 Å². The van der Waals surface area contributed by atoms with E-state index in [1.165, 1.54) is 5.56 Å². The van der Waals surface area contributed by atoms with Crippen molar-refractivity contribution in [1.82, 2.24) is 0 Å². The van der Waals surface area contributed by atoms with E-state index in [1.807, 2.05) is 26.0 Å². The number of nitrogens with two attached hydrogens (primary N) is 2. The molecule has 2 aromatic rings. The molecule has 0 unspecified atom stereocenters. The van der Waals surface area contributed by atoms with Gasteiger partial charge in [-0.25, -0.2) is 0 Å². The number of nitrogen functional groups attached to an aromatic ring is 2. The summed E-state index contributed by atoms with van der Waals surface area (Å²) in [4.78, 5) is 0. The Morgan fingerprint density at radius 3 is 1.65 bits per heavy atom. The van der Waals surface area contributed by atoms with Crippen molar-refractivity contribution < 1.29 is 0 Å². The molecule has 0 saturated carbocycles. The second kappa shape index (κ2) is 5.94. The number of hydrogen-bond donors (Lipinski definition) is 2. The van der Waals surface area contributed by atoms with Crippen molar-refractivity contribution >= 4 is 11.4 Å². The first-order valence-corrected chi connectivity index (χ1v) is 5.88. The van der Waals surface area contributed by atoms with Crippen LogP contribution in [0.25, 0.3) is 11.1 Å². The minimum absolute atomic E-state index is 0.700. The average molecular weight is 228 g/mol. The van der Waals surface area contributed by atoms with Crippen molar-refractivity contribution in [1.29, 1.82) is 0 Å². The summed E-state index contributed by atoms with van der Waals surface area (Å²) in [7, 11) is 0. The van der Waals surface area contributed by atoms with Gasteiger partial charge < -0.3 is 11.5 Å². The predicted molar refractivity (Wildman–Crippen MR) is 76.8 cm³/mol. The summed E-state index contributed by atoms with van der Waals surface area (Å²) in [5, 5.41) is 0. The van der Waals surface area contributed by atoms with Gasteiger partial charge in [0.25, 0.3) is 0 Å². The number of hydrogen-bond acceptors (Lipinski definition) is 2. The number of benzene rings is 2. The van der Waals surface area contributed by atoms with Gasteiger partial charge in [0, 0.05) is 11.4 Å². The first-order chi connectivity index (χ1) is 8.15. The largest absolute Gasteiger partial charge is 0.399 e. The Hall–Kier alpha value is -1.96. The molecule has 0 radical (unpaired) electrons. The van der Waals surface area contributed by atoms with Gasteiger partial charge >= 0.3 is 0 Å². The quantitative estimate of drug-likeness (QED) is 0.728. The van der Waals surface area contributed by atoms with Gasteiger partial charge in [0.15, 0.2) is 0 Å². The van der Waals surface area contributed by atoms with E-state index in [9.17, 15) is 0 Å². The second-order valence-corrected chi connectivity index (χ2v) is 3.75. The third kappa shape index (κ3) is 3.52. The monoisotopic (exact) mass is 228 g/mol. The SMILES string of the molecule is CC.Cc1ccc(-c2cc(N)cc(N)c2)cc1. The Kier molecular flexibility index (Phi) is 4.58. The van der Waals surface area contributed by atoms with Gasteiger partial charge in [-0.1, -0.05) is 43.7 Å². The zero-order chi connectivity index (χ0) is 12.8. The van der Waals surface area contributed by atoms with Crippen LogP contribution in [-0.2, 0) is 0 Å². The van der Waals surface area contributed by atoms with Gasteiger partial charge in [0.05, 0.1) is 0 Å². The Morgan fingerprint density at radius 1 is 0.706 bits per heavy atom. The molecule has 0 saturated heterocycles. The van der Waals surface area contributed by atoms with Crippen LogP contribution in [-0.4, -0.2) is 0 Å². The summed E-state index contributed by atoms with van der Waals surface area (Å²) >= 11 is 0. The molecule has 0 atom stereocenters. The molecule has 0 amide bonds. The van der Waals surface area contributed by atoms with Crippen molar-refractivity contribution in [3.63, 3.8) is 0 Å². The van der Waals surface area contributed by atoms with Crippen molar-refractivity contribution in [2.24, 2.45) is 0 Å². The smallest absolute Gasteiger partial charge is 0.0340 e. The lowest BCUT2D eigenvalue weighted by Crippen LogP contribution is -1.91. The summed E-state index contributed by atoms with van der Waals surface area (Å²) in [6, 6.07) is 13.9. The molecule has 0 spiro atoms. The molecule has 0 aliphatic heterocycles. The molecule has 2 nitrogen and oxygen atoms in total. The zero-order valence-corrected chi connectivity index (χ0v) is 10.7. The topological polar surface area (TPSA) is 52.0 Å². The molecular formula is C15H20N2. The van der Waals surface area contributed by atoms with Crippen molar-refractivity contribution in [3.05, 3.63) is 48.0 Å². The molecule has 90 valence electrons. The van der Waals surface area contributed by atoms with Crippen LogP contribution in [0.2, 0.25) is 0 Å². The van der Waals surface area contributed by atoms with E-state index >= 15 is 0 Å². The molecule has 0 aliphatic rings. The summed E-state index contributed by atoms with van der Waals surface area (Å²) in [5.41, 5.74) is 16.3. The van der Waals surface area contributed by atoms with Gasteiger partial charge in [-0.05, 0) is 36.2 Å². The first kappa shape index (κ1) is 13.1. The minimum atomic E-state index is 0.700. The maximum atomic E-state index is 5.75. The molecule has 0 bridgehead atoms. The lowest BCUT2D eigenvalue weighted by atomic mass is 10.0. The Bertz CT molecular complexity index is 453. The lowest BCUT2D eigenvalue weighted by molar-refractivity contribution is 1.47. The van der Waals surface area contributed by atoms with Crippen molar-refractivity contribution in [2.45, 2.75) is 20.8 Å². The molecule has 2 heteroatoms. The normalized spacial score (nSPS) is 9.35. The van der Waals surface area contributed by atoms with E-state index < -0.39 is 0 Å². The molecular weight excluding hydrogens is 208 g/mol. The first-order valence-electron chi connectivity index (χ1n) is 5.88. The van der Waals surface area contributed by atoms with Crippen LogP contribution in [0.15, 0.2) is 42.5 Å². The van der Waals surface area contributed by atoms with E-state index in [-0.39, 0.29) is 0 Å². The van der Waals surface area contributed by atoms with Gasteiger partial charge in [0.2, 0.25) is 0 Å². The number of aryl methyl sites for hydroxylation is 1. The second-order valence-electron chi connectivity index (χ2n) is 3.75. The fourth-order valence-electron chi connectivity index (χ4n) is 1.59. The molecule has 2 rings (SSSR count).